The first kappa shape index (κ1) is 21.0. The molecule has 0 saturated heterocycles. The number of ether oxygens (including phenoxy) is 1. The van der Waals surface area contributed by atoms with Crippen LogP contribution in [0.15, 0.2) is 30.9 Å². The zero-order valence-corrected chi connectivity index (χ0v) is 18.3. The Labute approximate surface area is 184 Å². The van der Waals surface area contributed by atoms with Crippen molar-refractivity contribution in [2.24, 2.45) is 0 Å². The molecule has 31 heavy (non-hydrogen) atoms. The molecule has 1 unspecified atom stereocenters. The van der Waals surface area contributed by atoms with Crippen LogP contribution in [0.5, 0.6) is 5.88 Å². The summed E-state index contributed by atoms with van der Waals surface area (Å²) in [4.78, 5) is 39.6. The number of imidazole rings is 1. The number of anilines is 1. The lowest BCUT2D eigenvalue weighted by Crippen LogP contribution is -2.36. The molecule has 3 aromatic rings. The number of hydrogen-bond acceptors (Lipinski definition) is 6. The molecule has 1 atom stereocenters. The molecule has 2 amide bonds. The van der Waals surface area contributed by atoms with E-state index in [0.717, 1.165) is 18.4 Å². The standard InChI is InChI=1S/C21H23ClN6O3/c1-13(31-19-7-18(22)23-11-24-19)16-9-27-8-15(14-4-5-14)6-17(21(27)25-16)28(12-29)10-20(30)26(2)3/h6-9,11-14H,4-5,10H2,1-3H3. The minimum atomic E-state index is -0.420. The Morgan fingerprint density at radius 3 is 2.74 bits per heavy atom. The predicted molar refractivity (Wildman–Crippen MR) is 115 cm³/mol. The third-order valence-corrected chi connectivity index (χ3v) is 5.39. The summed E-state index contributed by atoms with van der Waals surface area (Å²) < 4.78 is 7.76. The summed E-state index contributed by atoms with van der Waals surface area (Å²) in [5.74, 6) is 0.629. The molecule has 10 heteroatoms. The monoisotopic (exact) mass is 442 g/mol. The van der Waals surface area contributed by atoms with Gasteiger partial charge >= 0.3 is 0 Å². The number of pyridine rings is 1. The summed E-state index contributed by atoms with van der Waals surface area (Å²) in [5, 5.41) is 0.288. The minimum absolute atomic E-state index is 0.0615. The van der Waals surface area contributed by atoms with Gasteiger partial charge in [-0.3, -0.25) is 9.59 Å². The molecular formula is C21H23ClN6O3. The maximum absolute atomic E-state index is 12.3. The number of nitrogens with zero attached hydrogens (tertiary/aromatic N) is 6. The van der Waals surface area contributed by atoms with Crippen molar-refractivity contribution in [3.8, 4) is 5.88 Å². The van der Waals surface area contributed by atoms with Crippen molar-refractivity contribution in [1.82, 2.24) is 24.3 Å². The molecular weight excluding hydrogens is 420 g/mol. The molecule has 0 aromatic carbocycles. The molecule has 3 aromatic heterocycles. The normalized spacial score (nSPS) is 14.3. The van der Waals surface area contributed by atoms with Crippen LogP contribution in [-0.4, -0.2) is 57.2 Å². The second-order valence-corrected chi connectivity index (χ2v) is 8.18. The number of carbonyl (C=O) groups excluding carboxylic acids is 2. The molecule has 1 aliphatic carbocycles. The third-order valence-electron chi connectivity index (χ3n) is 5.18. The minimum Gasteiger partial charge on any atom is -0.468 e. The van der Waals surface area contributed by atoms with Gasteiger partial charge in [0, 0.05) is 32.6 Å². The SMILES string of the molecule is CC(Oc1cc(Cl)ncn1)c1cn2cc(C3CC3)cc(N(C=O)CC(=O)N(C)C)c2n1. The molecule has 9 nitrogen and oxygen atoms in total. The van der Waals surface area contributed by atoms with E-state index < -0.39 is 6.10 Å². The number of rotatable bonds is 8. The summed E-state index contributed by atoms with van der Waals surface area (Å²) in [6.45, 7) is 1.79. The molecule has 1 saturated carbocycles. The molecule has 3 heterocycles. The van der Waals surface area contributed by atoms with Crippen molar-refractivity contribution in [1.29, 1.82) is 0 Å². The van der Waals surface area contributed by atoms with Crippen LogP contribution < -0.4 is 9.64 Å². The van der Waals surface area contributed by atoms with E-state index in [4.69, 9.17) is 21.3 Å². The van der Waals surface area contributed by atoms with E-state index in [0.29, 0.717) is 35.2 Å². The molecule has 0 aliphatic heterocycles. The van der Waals surface area contributed by atoms with Gasteiger partial charge in [-0.25, -0.2) is 15.0 Å². The number of halogens is 1. The average Bonchev–Trinajstić information content (AvgIpc) is 3.49. The van der Waals surface area contributed by atoms with Crippen LogP contribution in [0, 0.1) is 0 Å². The zero-order chi connectivity index (χ0) is 22.1. The van der Waals surface area contributed by atoms with E-state index >= 15 is 0 Å². The van der Waals surface area contributed by atoms with Gasteiger partial charge in [-0.15, -0.1) is 0 Å². The molecule has 1 aliphatic rings. The molecule has 1 fully saturated rings. The lowest BCUT2D eigenvalue weighted by atomic mass is 10.1. The van der Waals surface area contributed by atoms with Crippen LogP contribution in [0.3, 0.4) is 0 Å². The highest BCUT2D eigenvalue weighted by atomic mass is 35.5. The number of amides is 2. The Balaban J connectivity index is 1.70. The predicted octanol–water partition coefficient (Wildman–Crippen LogP) is 2.85. The topological polar surface area (TPSA) is 92.9 Å². The van der Waals surface area contributed by atoms with Gasteiger partial charge < -0.3 is 18.9 Å². The highest BCUT2D eigenvalue weighted by Gasteiger charge is 2.27. The smallest absolute Gasteiger partial charge is 0.242 e. The highest BCUT2D eigenvalue weighted by molar-refractivity contribution is 6.29. The summed E-state index contributed by atoms with van der Waals surface area (Å²) in [7, 11) is 3.32. The number of hydrogen-bond donors (Lipinski definition) is 0. The first-order valence-electron chi connectivity index (χ1n) is 9.94. The van der Waals surface area contributed by atoms with Crippen molar-refractivity contribution in [2.75, 3.05) is 25.5 Å². The van der Waals surface area contributed by atoms with Gasteiger partial charge in [0.1, 0.15) is 24.1 Å². The number of aromatic nitrogens is 4. The number of likely N-dealkylation sites (N-methyl/N-ethyl adjacent to an activating group) is 1. The van der Waals surface area contributed by atoms with Gasteiger partial charge in [0.15, 0.2) is 5.65 Å². The van der Waals surface area contributed by atoms with Crippen LogP contribution in [0.2, 0.25) is 5.15 Å². The first-order chi connectivity index (χ1) is 14.9. The molecule has 4 rings (SSSR count). The zero-order valence-electron chi connectivity index (χ0n) is 17.5. The molecule has 0 spiro atoms. The van der Waals surface area contributed by atoms with E-state index in [1.165, 1.54) is 22.2 Å². The fourth-order valence-corrected chi connectivity index (χ4v) is 3.39. The number of carbonyl (C=O) groups is 2. The van der Waals surface area contributed by atoms with Crippen molar-refractivity contribution in [2.45, 2.75) is 31.8 Å². The summed E-state index contributed by atoms with van der Waals surface area (Å²) >= 11 is 5.91. The van der Waals surface area contributed by atoms with Crippen molar-refractivity contribution < 1.29 is 14.3 Å². The Morgan fingerprint density at radius 2 is 2.10 bits per heavy atom. The van der Waals surface area contributed by atoms with E-state index in [2.05, 4.69) is 9.97 Å². The van der Waals surface area contributed by atoms with Gasteiger partial charge in [0.25, 0.3) is 0 Å². The van der Waals surface area contributed by atoms with Crippen LogP contribution >= 0.6 is 11.6 Å². The maximum atomic E-state index is 12.3. The van der Waals surface area contributed by atoms with Crippen LogP contribution in [-0.2, 0) is 9.59 Å². The van der Waals surface area contributed by atoms with Gasteiger partial charge in [0.2, 0.25) is 18.2 Å². The van der Waals surface area contributed by atoms with E-state index in [9.17, 15) is 9.59 Å². The Kier molecular flexibility index (Phi) is 5.77. The van der Waals surface area contributed by atoms with E-state index in [1.807, 2.05) is 29.8 Å². The highest BCUT2D eigenvalue weighted by Crippen LogP contribution is 2.42. The van der Waals surface area contributed by atoms with E-state index in [-0.39, 0.29) is 17.6 Å². The van der Waals surface area contributed by atoms with Crippen LogP contribution in [0.4, 0.5) is 5.69 Å². The second-order valence-electron chi connectivity index (χ2n) is 7.79. The number of fused-ring (bicyclic) bond motifs is 1. The Morgan fingerprint density at radius 1 is 1.32 bits per heavy atom. The summed E-state index contributed by atoms with van der Waals surface area (Å²) in [5.41, 5.74) is 2.95. The largest absolute Gasteiger partial charge is 0.468 e. The second kappa shape index (κ2) is 8.50. The quantitative estimate of drug-likeness (QED) is 0.393. The van der Waals surface area contributed by atoms with Crippen molar-refractivity contribution in [3.63, 3.8) is 0 Å². The van der Waals surface area contributed by atoms with Crippen molar-refractivity contribution in [3.05, 3.63) is 47.3 Å². The summed E-state index contributed by atoms with van der Waals surface area (Å²) in [6, 6.07) is 3.49. The molecule has 0 radical (unpaired) electrons. The van der Waals surface area contributed by atoms with Crippen LogP contribution in [0.1, 0.15) is 43.0 Å². The Bertz CT molecular complexity index is 1130. The maximum Gasteiger partial charge on any atom is 0.242 e. The molecule has 0 N–H and O–H groups in total. The lowest BCUT2D eigenvalue weighted by molar-refractivity contribution is -0.128. The third kappa shape index (κ3) is 4.61. The summed E-state index contributed by atoms with van der Waals surface area (Å²) in [6.07, 6.45) is 7.70. The van der Waals surface area contributed by atoms with E-state index in [1.54, 1.807) is 14.1 Å². The van der Waals surface area contributed by atoms with Gasteiger partial charge in [-0.1, -0.05) is 11.6 Å². The van der Waals surface area contributed by atoms with Gasteiger partial charge in [-0.2, -0.15) is 0 Å². The van der Waals surface area contributed by atoms with Gasteiger partial charge in [0.05, 0.1) is 11.4 Å². The average molecular weight is 443 g/mol. The molecule has 162 valence electrons. The Hall–Kier alpha value is -3.20. The van der Waals surface area contributed by atoms with Crippen LogP contribution in [0.25, 0.3) is 5.65 Å². The van der Waals surface area contributed by atoms with Crippen molar-refractivity contribution >= 4 is 35.3 Å². The molecule has 0 bridgehead atoms. The lowest BCUT2D eigenvalue weighted by Gasteiger charge is -2.20. The van der Waals surface area contributed by atoms with Gasteiger partial charge in [-0.05, 0) is 37.3 Å². The fraction of sp³-hybridized carbons (Fsp3) is 0.381. The first-order valence-corrected chi connectivity index (χ1v) is 10.3. The fourth-order valence-electron chi connectivity index (χ4n) is 3.26.